The number of urea groups is 1. The average molecular weight is 330 g/mol. The van der Waals surface area contributed by atoms with Crippen LogP contribution in [0.25, 0.3) is 0 Å². The van der Waals surface area contributed by atoms with E-state index in [1.165, 1.54) is 0 Å². The number of nitrogens with zero attached hydrogens (tertiary/aromatic N) is 3. The Hall–Kier alpha value is -2.45. The number of hydrogen-bond acceptors (Lipinski definition) is 6. The molecule has 128 valence electrons. The van der Waals surface area contributed by atoms with E-state index in [0.717, 1.165) is 25.3 Å². The van der Waals surface area contributed by atoms with E-state index in [-0.39, 0.29) is 18.1 Å². The van der Waals surface area contributed by atoms with E-state index in [2.05, 4.69) is 31.0 Å². The zero-order valence-electron chi connectivity index (χ0n) is 13.8. The Kier molecular flexibility index (Phi) is 5.07. The van der Waals surface area contributed by atoms with Gasteiger partial charge in [0, 0.05) is 25.3 Å². The number of likely N-dealkylation sites (N-methyl/N-ethyl adjacent to an activating group) is 1. The van der Waals surface area contributed by atoms with Gasteiger partial charge in [-0.25, -0.2) is 4.79 Å². The van der Waals surface area contributed by atoms with E-state index < -0.39 is 0 Å². The first-order chi connectivity index (χ1) is 11.6. The van der Waals surface area contributed by atoms with Crippen LogP contribution in [-0.4, -0.2) is 47.8 Å². The van der Waals surface area contributed by atoms with Gasteiger partial charge < -0.3 is 20.5 Å². The van der Waals surface area contributed by atoms with Gasteiger partial charge in [0.25, 0.3) is 0 Å². The molecule has 0 aliphatic carbocycles. The molecule has 24 heavy (non-hydrogen) atoms. The molecule has 0 saturated carbocycles. The van der Waals surface area contributed by atoms with Crippen molar-refractivity contribution in [1.29, 1.82) is 0 Å². The maximum atomic E-state index is 12.0. The smallest absolute Gasteiger partial charge is 0.319 e. The number of rotatable bonds is 4. The van der Waals surface area contributed by atoms with Crippen molar-refractivity contribution in [2.45, 2.75) is 19.0 Å². The molecule has 1 aliphatic heterocycles. The van der Waals surface area contributed by atoms with Crippen LogP contribution in [0.5, 0.6) is 0 Å². The Morgan fingerprint density at radius 1 is 1.42 bits per heavy atom. The molecule has 2 atom stereocenters. The van der Waals surface area contributed by atoms with Crippen molar-refractivity contribution in [2.75, 3.05) is 32.0 Å². The predicted molar refractivity (Wildman–Crippen MR) is 89.6 cm³/mol. The topological polar surface area (TPSA) is 95.3 Å². The van der Waals surface area contributed by atoms with Crippen molar-refractivity contribution in [1.82, 2.24) is 25.7 Å². The molecule has 0 radical (unpaired) electrons. The van der Waals surface area contributed by atoms with Crippen molar-refractivity contribution >= 4 is 11.7 Å². The molecule has 3 rings (SSSR count). The minimum absolute atomic E-state index is 0.0848. The number of benzene rings is 1. The highest BCUT2D eigenvalue weighted by atomic mass is 16.5. The van der Waals surface area contributed by atoms with Gasteiger partial charge in [-0.1, -0.05) is 23.4 Å². The van der Waals surface area contributed by atoms with Crippen LogP contribution in [0.4, 0.5) is 10.5 Å². The Balaban J connectivity index is 1.59. The third kappa shape index (κ3) is 3.90. The SMILES string of the molecule is CC(NC(=O)Nc1ccccc1)c1nc(C2CNCCN2C)no1. The van der Waals surface area contributed by atoms with Crippen LogP contribution in [0.2, 0.25) is 0 Å². The van der Waals surface area contributed by atoms with Crippen molar-refractivity contribution < 1.29 is 9.32 Å². The fourth-order valence-electron chi connectivity index (χ4n) is 2.60. The lowest BCUT2D eigenvalue weighted by Gasteiger charge is -2.30. The molecule has 2 aromatic rings. The number of aromatic nitrogens is 2. The van der Waals surface area contributed by atoms with E-state index in [0.29, 0.717) is 11.7 Å². The van der Waals surface area contributed by atoms with Gasteiger partial charge in [0.1, 0.15) is 6.04 Å². The molecule has 1 aromatic carbocycles. The summed E-state index contributed by atoms with van der Waals surface area (Å²) >= 11 is 0. The number of nitrogens with one attached hydrogen (secondary N) is 3. The van der Waals surface area contributed by atoms with Gasteiger partial charge in [-0.05, 0) is 26.1 Å². The van der Waals surface area contributed by atoms with Gasteiger partial charge in [-0.15, -0.1) is 0 Å². The monoisotopic (exact) mass is 330 g/mol. The number of anilines is 1. The molecule has 3 N–H and O–H groups in total. The maximum absolute atomic E-state index is 12.0. The number of para-hydroxylation sites is 1. The van der Waals surface area contributed by atoms with Crippen molar-refractivity contribution in [2.24, 2.45) is 0 Å². The van der Waals surface area contributed by atoms with Crippen molar-refractivity contribution in [3.8, 4) is 0 Å². The molecule has 2 unspecified atom stereocenters. The summed E-state index contributed by atoms with van der Waals surface area (Å²) in [6.07, 6.45) is 0. The largest absolute Gasteiger partial charge is 0.337 e. The zero-order valence-corrected chi connectivity index (χ0v) is 13.8. The van der Waals surface area contributed by atoms with Gasteiger partial charge in [0.15, 0.2) is 5.82 Å². The first kappa shape index (κ1) is 16.4. The lowest BCUT2D eigenvalue weighted by atomic mass is 10.2. The zero-order chi connectivity index (χ0) is 16.9. The quantitative estimate of drug-likeness (QED) is 0.787. The number of amides is 2. The second-order valence-corrected chi connectivity index (χ2v) is 5.88. The summed E-state index contributed by atoms with van der Waals surface area (Å²) in [5.74, 6) is 1.03. The minimum Gasteiger partial charge on any atom is -0.337 e. The molecule has 2 heterocycles. The fourth-order valence-corrected chi connectivity index (χ4v) is 2.60. The van der Waals surface area contributed by atoms with E-state index >= 15 is 0 Å². The van der Waals surface area contributed by atoms with Crippen molar-refractivity contribution in [3.63, 3.8) is 0 Å². The van der Waals surface area contributed by atoms with Gasteiger partial charge in [-0.3, -0.25) is 4.90 Å². The van der Waals surface area contributed by atoms with Crippen LogP contribution in [-0.2, 0) is 0 Å². The first-order valence-electron chi connectivity index (χ1n) is 8.00. The molecule has 8 heteroatoms. The molecule has 1 saturated heterocycles. The fraction of sp³-hybridized carbons (Fsp3) is 0.438. The number of carbonyl (C=O) groups is 1. The van der Waals surface area contributed by atoms with Crippen LogP contribution in [0.15, 0.2) is 34.9 Å². The summed E-state index contributed by atoms with van der Waals surface area (Å²) in [5, 5.41) is 12.9. The molecule has 2 amide bonds. The van der Waals surface area contributed by atoms with Gasteiger partial charge in [-0.2, -0.15) is 4.98 Å². The van der Waals surface area contributed by atoms with Crippen LogP contribution < -0.4 is 16.0 Å². The standard InChI is InChI=1S/C16H22N6O2/c1-11(18-16(23)19-12-6-4-3-5-7-12)15-20-14(21-24-15)13-10-17-8-9-22(13)2/h3-7,11,13,17H,8-10H2,1-2H3,(H2,18,19,23). The number of carbonyl (C=O) groups excluding carboxylic acids is 1. The maximum Gasteiger partial charge on any atom is 0.319 e. The third-order valence-corrected chi connectivity index (χ3v) is 4.02. The highest BCUT2D eigenvalue weighted by molar-refractivity contribution is 5.89. The molecular weight excluding hydrogens is 308 g/mol. The van der Waals surface area contributed by atoms with E-state index in [9.17, 15) is 4.79 Å². The minimum atomic E-state index is -0.378. The van der Waals surface area contributed by atoms with Crippen LogP contribution in [0, 0.1) is 0 Å². The second kappa shape index (κ2) is 7.41. The van der Waals surface area contributed by atoms with Gasteiger partial charge >= 0.3 is 6.03 Å². The molecule has 0 spiro atoms. The lowest BCUT2D eigenvalue weighted by molar-refractivity contribution is 0.190. The first-order valence-corrected chi connectivity index (χ1v) is 8.00. The summed E-state index contributed by atoms with van der Waals surface area (Å²) < 4.78 is 5.32. The summed E-state index contributed by atoms with van der Waals surface area (Å²) in [6.45, 7) is 4.48. The molecule has 1 fully saturated rings. The molecular formula is C16H22N6O2. The van der Waals surface area contributed by atoms with Crippen LogP contribution in [0.1, 0.15) is 30.7 Å². The normalized spacial score (nSPS) is 19.7. The Labute approximate surface area is 140 Å². The Morgan fingerprint density at radius 2 is 2.21 bits per heavy atom. The van der Waals surface area contributed by atoms with Crippen LogP contribution >= 0.6 is 0 Å². The lowest BCUT2D eigenvalue weighted by Crippen LogP contribution is -2.44. The molecule has 1 aliphatic rings. The van der Waals surface area contributed by atoms with Gasteiger partial charge in [0.05, 0.1) is 6.04 Å². The third-order valence-electron chi connectivity index (χ3n) is 4.02. The molecule has 0 bridgehead atoms. The Bertz CT molecular complexity index is 674. The summed E-state index contributed by atoms with van der Waals surface area (Å²) in [7, 11) is 2.04. The molecule has 8 nitrogen and oxygen atoms in total. The Morgan fingerprint density at radius 3 is 2.96 bits per heavy atom. The van der Waals surface area contributed by atoms with E-state index in [4.69, 9.17) is 4.52 Å². The van der Waals surface area contributed by atoms with E-state index in [1.54, 1.807) is 0 Å². The summed E-state index contributed by atoms with van der Waals surface area (Å²) in [4.78, 5) is 18.7. The summed E-state index contributed by atoms with van der Waals surface area (Å²) in [6, 6.07) is 8.64. The number of hydrogen-bond donors (Lipinski definition) is 3. The van der Waals surface area contributed by atoms with Crippen molar-refractivity contribution in [3.05, 3.63) is 42.0 Å². The van der Waals surface area contributed by atoms with E-state index in [1.807, 2.05) is 44.3 Å². The highest BCUT2D eigenvalue weighted by Gasteiger charge is 2.26. The van der Waals surface area contributed by atoms with Crippen LogP contribution in [0.3, 0.4) is 0 Å². The predicted octanol–water partition coefficient (Wildman–Crippen LogP) is 1.53. The molecule has 1 aromatic heterocycles. The highest BCUT2D eigenvalue weighted by Crippen LogP contribution is 2.19. The summed E-state index contributed by atoms with van der Waals surface area (Å²) in [5.41, 5.74) is 0.725. The average Bonchev–Trinajstić information content (AvgIpc) is 3.06. The van der Waals surface area contributed by atoms with Gasteiger partial charge in [0.2, 0.25) is 5.89 Å². The second-order valence-electron chi connectivity index (χ2n) is 5.88. The number of piperazine rings is 1.